The Morgan fingerprint density at radius 2 is 1.87 bits per heavy atom. The number of amides is 1. The van der Waals surface area contributed by atoms with Gasteiger partial charge in [0.2, 0.25) is 5.43 Å². The number of rotatable bonds is 3. The molecule has 0 bridgehead atoms. The van der Waals surface area contributed by atoms with E-state index in [0.717, 1.165) is 6.21 Å². The molecule has 0 aliphatic carbocycles. The van der Waals surface area contributed by atoms with Crippen molar-refractivity contribution in [2.24, 2.45) is 5.10 Å². The number of nitrogens with one attached hydrogen (secondary N) is 1. The number of para-hydroxylation sites is 1. The molecule has 0 atom stereocenters. The minimum absolute atomic E-state index is 0.129. The summed E-state index contributed by atoms with van der Waals surface area (Å²) in [5, 5.41) is 4.09. The first kappa shape index (κ1) is 14.6. The van der Waals surface area contributed by atoms with E-state index in [2.05, 4.69) is 10.5 Å². The van der Waals surface area contributed by atoms with E-state index in [1.807, 2.05) is 0 Å². The molecule has 6 heteroatoms. The normalized spacial score (nSPS) is 11.0. The molecule has 0 fully saturated rings. The van der Waals surface area contributed by atoms with Crippen LogP contribution in [0.15, 0.2) is 69.1 Å². The molecule has 1 amide bonds. The Labute approximate surface area is 130 Å². The van der Waals surface area contributed by atoms with Crippen molar-refractivity contribution < 1.29 is 13.6 Å². The number of carbonyl (C=O) groups excluding carboxylic acids is 1. The maximum Gasteiger partial charge on any atom is 0.274 e. The predicted octanol–water partition coefficient (Wildman–Crippen LogP) is 2.70. The van der Waals surface area contributed by atoms with Crippen molar-refractivity contribution in [1.29, 1.82) is 0 Å². The number of fused-ring (bicyclic) bond motifs is 1. The number of halogens is 1. The zero-order valence-electron chi connectivity index (χ0n) is 11.8. The molecule has 0 radical (unpaired) electrons. The van der Waals surface area contributed by atoms with E-state index in [9.17, 15) is 14.0 Å². The predicted molar refractivity (Wildman–Crippen MR) is 83.9 cm³/mol. The first-order valence-corrected chi connectivity index (χ1v) is 6.75. The van der Waals surface area contributed by atoms with Crippen LogP contribution < -0.4 is 10.9 Å². The molecule has 0 saturated heterocycles. The van der Waals surface area contributed by atoms with Gasteiger partial charge in [-0.25, -0.2) is 9.82 Å². The number of hydrazone groups is 1. The van der Waals surface area contributed by atoms with Crippen molar-refractivity contribution in [1.82, 2.24) is 5.43 Å². The minimum Gasteiger partial charge on any atom is -0.463 e. The molecule has 0 aliphatic rings. The van der Waals surface area contributed by atoms with Crippen molar-refractivity contribution in [3.63, 3.8) is 0 Å². The molecule has 1 heterocycles. The number of carbonyl (C=O) groups is 1. The van der Waals surface area contributed by atoms with E-state index in [0.29, 0.717) is 11.0 Å². The van der Waals surface area contributed by atoms with Crippen molar-refractivity contribution in [3.8, 4) is 0 Å². The Bertz CT molecular complexity index is 963. The molecule has 0 spiro atoms. The van der Waals surface area contributed by atoms with Gasteiger partial charge in [0.05, 0.1) is 22.7 Å². The topological polar surface area (TPSA) is 71.7 Å². The van der Waals surface area contributed by atoms with Crippen LogP contribution in [0, 0.1) is 5.82 Å². The molecular formula is C17H11FN2O3. The van der Waals surface area contributed by atoms with E-state index >= 15 is 0 Å². The lowest BCUT2D eigenvalue weighted by Gasteiger charge is -2.01. The third-order valence-electron chi connectivity index (χ3n) is 3.19. The Morgan fingerprint density at radius 3 is 2.70 bits per heavy atom. The van der Waals surface area contributed by atoms with E-state index in [1.165, 1.54) is 24.5 Å². The van der Waals surface area contributed by atoms with E-state index in [4.69, 9.17) is 4.42 Å². The van der Waals surface area contributed by atoms with E-state index < -0.39 is 11.7 Å². The van der Waals surface area contributed by atoms with Gasteiger partial charge in [-0.15, -0.1) is 0 Å². The molecule has 114 valence electrons. The maximum atomic E-state index is 13.5. The lowest BCUT2D eigenvalue weighted by Crippen LogP contribution is -2.19. The standard InChI is InChI=1S/C17H11FN2O3/c18-14-7-3-1-5-12(14)17(22)20-19-9-11-10-23-15-8-4-2-6-13(15)16(11)21/h1-10H,(H,20,22). The molecule has 0 saturated carbocycles. The van der Waals surface area contributed by atoms with Crippen molar-refractivity contribution in [2.75, 3.05) is 0 Å². The molecule has 3 aromatic rings. The van der Waals surface area contributed by atoms with Gasteiger partial charge in [-0.3, -0.25) is 9.59 Å². The maximum absolute atomic E-state index is 13.5. The highest BCUT2D eigenvalue weighted by molar-refractivity contribution is 5.95. The minimum atomic E-state index is -0.704. The average Bonchev–Trinajstić information content (AvgIpc) is 2.57. The van der Waals surface area contributed by atoms with Gasteiger partial charge in [-0.2, -0.15) is 5.10 Å². The van der Waals surface area contributed by atoms with Crippen LogP contribution in [-0.4, -0.2) is 12.1 Å². The highest BCUT2D eigenvalue weighted by Gasteiger charge is 2.09. The summed E-state index contributed by atoms with van der Waals surface area (Å²) in [5.41, 5.74) is 2.42. The van der Waals surface area contributed by atoms with Gasteiger partial charge in [-0.1, -0.05) is 24.3 Å². The summed E-state index contributed by atoms with van der Waals surface area (Å²) < 4.78 is 18.8. The lowest BCUT2D eigenvalue weighted by molar-refractivity contribution is 0.0951. The summed E-state index contributed by atoms with van der Waals surface area (Å²) in [6, 6.07) is 12.3. The molecule has 23 heavy (non-hydrogen) atoms. The Morgan fingerprint density at radius 1 is 1.13 bits per heavy atom. The van der Waals surface area contributed by atoms with Gasteiger partial charge in [-0.05, 0) is 24.3 Å². The smallest absolute Gasteiger partial charge is 0.274 e. The molecule has 0 aliphatic heterocycles. The highest BCUT2D eigenvalue weighted by atomic mass is 19.1. The highest BCUT2D eigenvalue weighted by Crippen LogP contribution is 2.09. The van der Waals surface area contributed by atoms with Crippen LogP contribution in [0.3, 0.4) is 0 Å². The van der Waals surface area contributed by atoms with Gasteiger partial charge in [0.1, 0.15) is 17.7 Å². The second-order valence-corrected chi connectivity index (χ2v) is 4.70. The number of nitrogens with zero attached hydrogens (tertiary/aromatic N) is 1. The monoisotopic (exact) mass is 310 g/mol. The zero-order valence-corrected chi connectivity index (χ0v) is 11.8. The van der Waals surface area contributed by atoms with Gasteiger partial charge in [0.15, 0.2) is 0 Å². The Kier molecular flexibility index (Phi) is 3.97. The number of benzene rings is 2. The van der Waals surface area contributed by atoms with Crippen LogP contribution in [0.2, 0.25) is 0 Å². The van der Waals surface area contributed by atoms with Crippen LogP contribution in [-0.2, 0) is 0 Å². The Balaban J connectivity index is 1.81. The fraction of sp³-hybridized carbons (Fsp3) is 0. The fourth-order valence-corrected chi connectivity index (χ4v) is 2.05. The molecular weight excluding hydrogens is 299 g/mol. The summed E-state index contributed by atoms with van der Waals surface area (Å²) >= 11 is 0. The van der Waals surface area contributed by atoms with Crippen LogP contribution in [0.1, 0.15) is 15.9 Å². The van der Waals surface area contributed by atoms with Crippen molar-refractivity contribution in [3.05, 3.63) is 82.0 Å². The lowest BCUT2D eigenvalue weighted by atomic mass is 10.2. The van der Waals surface area contributed by atoms with Gasteiger partial charge in [0.25, 0.3) is 5.91 Å². The molecule has 1 aromatic heterocycles. The molecule has 0 unspecified atom stereocenters. The van der Waals surface area contributed by atoms with E-state index in [-0.39, 0.29) is 16.6 Å². The van der Waals surface area contributed by atoms with Crippen LogP contribution in [0.25, 0.3) is 11.0 Å². The largest absolute Gasteiger partial charge is 0.463 e. The van der Waals surface area contributed by atoms with Crippen LogP contribution in [0.4, 0.5) is 4.39 Å². The summed E-state index contributed by atoms with van der Waals surface area (Å²) in [6.07, 6.45) is 2.42. The second-order valence-electron chi connectivity index (χ2n) is 4.70. The second kappa shape index (κ2) is 6.23. The first-order chi connectivity index (χ1) is 11.2. The summed E-state index contributed by atoms with van der Waals surface area (Å²) in [4.78, 5) is 24.0. The summed E-state index contributed by atoms with van der Waals surface area (Å²) in [6.45, 7) is 0. The molecule has 1 N–H and O–H groups in total. The summed E-state index contributed by atoms with van der Waals surface area (Å²) in [5.74, 6) is -1.35. The van der Waals surface area contributed by atoms with Crippen LogP contribution in [0.5, 0.6) is 0 Å². The van der Waals surface area contributed by atoms with Crippen molar-refractivity contribution in [2.45, 2.75) is 0 Å². The number of hydrogen-bond donors (Lipinski definition) is 1. The number of hydrogen-bond acceptors (Lipinski definition) is 4. The van der Waals surface area contributed by atoms with Crippen LogP contribution >= 0.6 is 0 Å². The molecule has 2 aromatic carbocycles. The summed E-state index contributed by atoms with van der Waals surface area (Å²) in [7, 11) is 0. The third kappa shape index (κ3) is 3.01. The zero-order chi connectivity index (χ0) is 16.2. The average molecular weight is 310 g/mol. The van der Waals surface area contributed by atoms with Crippen molar-refractivity contribution >= 4 is 23.1 Å². The molecule has 5 nitrogen and oxygen atoms in total. The third-order valence-corrected chi connectivity index (χ3v) is 3.19. The SMILES string of the molecule is O=C(NN=Cc1coc2ccccc2c1=O)c1ccccc1F. The van der Waals surface area contributed by atoms with Gasteiger partial charge < -0.3 is 4.42 Å². The van der Waals surface area contributed by atoms with Gasteiger partial charge >= 0.3 is 0 Å². The molecule has 3 rings (SSSR count). The van der Waals surface area contributed by atoms with Gasteiger partial charge in [0, 0.05) is 0 Å². The van der Waals surface area contributed by atoms with E-state index in [1.54, 1.807) is 30.3 Å². The fourth-order valence-electron chi connectivity index (χ4n) is 2.05. The quantitative estimate of drug-likeness (QED) is 0.597. The first-order valence-electron chi connectivity index (χ1n) is 6.75. The Hall–Kier alpha value is -3.28.